The Bertz CT molecular complexity index is 743. The summed E-state index contributed by atoms with van der Waals surface area (Å²) in [4.78, 5) is 14.2. The standard InChI is InChI=1S/C20H26N4O/c1-16-13-18(17(2)24(16)19-9-5-3-6-10-19)14-21-22-20(25)15-23-11-7-4-8-12-23/h3,5-6,9-10,13-14H,4,7-8,11-12,15H2,1-2H3,(H,22,25)/b21-14-. The number of carbonyl (C=O) groups is 1. The van der Waals surface area contributed by atoms with E-state index in [0.29, 0.717) is 6.54 Å². The van der Waals surface area contributed by atoms with Crippen molar-refractivity contribution in [1.82, 2.24) is 14.9 Å². The molecule has 2 aromatic rings. The number of rotatable bonds is 5. The minimum atomic E-state index is -0.0463. The summed E-state index contributed by atoms with van der Waals surface area (Å²) >= 11 is 0. The quantitative estimate of drug-likeness (QED) is 0.673. The van der Waals surface area contributed by atoms with Crippen molar-refractivity contribution in [2.75, 3.05) is 19.6 Å². The number of hydrogen-bond acceptors (Lipinski definition) is 3. The van der Waals surface area contributed by atoms with Gasteiger partial charge >= 0.3 is 0 Å². The molecule has 1 amide bonds. The number of piperidine rings is 1. The summed E-state index contributed by atoms with van der Waals surface area (Å²) in [5.74, 6) is -0.0463. The van der Waals surface area contributed by atoms with Crippen LogP contribution in [-0.2, 0) is 4.79 Å². The topological polar surface area (TPSA) is 49.6 Å². The Morgan fingerprint density at radius 2 is 1.88 bits per heavy atom. The molecule has 0 saturated carbocycles. The summed E-state index contributed by atoms with van der Waals surface area (Å²) in [6, 6.07) is 12.3. The van der Waals surface area contributed by atoms with E-state index in [1.165, 1.54) is 19.3 Å². The molecule has 0 radical (unpaired) electrons. The van der Waals surface area contributed by atoms with Gasteiger partial charge in [0, 0.05) is 22.6 Å². The van der Waals surface area contributed by atoms with E-state index >= 15 is 0 Å². The molecule has 0 aliphatic carbocycles. The average molecular weight is 338 g/mol. The van der Waals surface area contributed by atoms with Crippen molar-refractivity contribution < 1.29 is 4.79 Å². The molecule has 3 rings (SSSR count). The Morgan fingerprint density at radius 1 is 1.16 bits per heavy atom. The van der Waals surface area contributed by atoms with Crippen molar-refractivity contribution in [3.05, 3.63) is 53.3 Å². The molecular formula is C20H26N4O. The molecule has 132 valence electrons. The number of nitrogens with one attached hydrogen (secondary N) is 1. The Hall–Kier alpha value is -2.40. The lowest BCUT2D eigenvalue weighted by Gasteiger charge is -2.25. The van der Waals surface area contributed by atoms with Crippen LogP contribution >= 0.6 is 0 Å². The van der Waals surface area contributed by atoms with E-state index in [9.17, 15) is 4.79 Å². The fraction of sp³-hybridized carbons (Fsp3) is 0.400. The molecule has 0 unspecified atom stereocenters. The maximum atomic E-state index is 12.0. The molecule has 1 aliphatic rings. The monoisotopic (exact) mass is 338 g/mol. The van der Waals surface area contributed by atoms with E-state index in [1.807, 2.05) is 18.2 Å². The third-order valence-electron chi connectivity index (χ3n) is 4.69. The number of hydrogen-bond donors (Lipinski definition) is 1. The summed E-state index contributed by atoms with van der Waals surface area (Å²) in [6.07, 6.45) is 5.37. The van der Waals surface area contributed by atoms with Gasteiger partial charge in [-0.25, -0.2) is 5.43 Å². The van der Waals surface area contributed by atoms with Crippen LogP contribution in [0.25, 0.3) is 5.69 Å². The minimum Gasteiger partial charge on any atom is -0.318 e. The van der Waals surface area contributed by atoms with Gasteiger partial charge in [0.05, 0.1) is 12.8 Å². The van der Waals surface area contributed by atoms with Crippen molar-refractivity contribution in [3.63, 3.8) is 0 Å². The van der Waals surface area contributed by atoms with Crippen LogP contribution < -0.4 is 5.43 Å². The largest absolute Gasteiger partial charge is 0.318 e. The zero-order valence-corrected chi connectivity index (χ0v) is 15.0. The smallest absolute Gasteiger partial charge is 0.254 e. The van der Waals surface area contributed by atoms with E-state index in [4.69, 9.17) is 0 Å². The summed E-state index contributed by atoms with van der Waals surface area (Å²) in [5, 5.41) is 4.15. The second-order valence-corrected chi connectivity index (χ2v) is 6.63. The predicted molar refractivity (Wildman–Crippen MR) is 101 cm³/mol. The molecule has 1 N–H and O–H groups in total. The summed E-state index contributed by atoms with van der Waals surface area (Å²) in [7, 11) is 0. The summed E-state index contributed by atoms with van der Waals surface area (Å²) in [5.41, 5.74) is 7.05. The van der Waals surface area contributed by atoms with Crippen LogP contribution in [-0.4, -0.2) is 41.2 Å². The molecular weight excluding hydrogens is 312 g/mol. The Morgan fingerprint density at radius 3 is 2.60 bits per heavy atom. The first kappa shape index (κ1) is 17.4. The van der Waals surface area contributed by atoms with Gasteiger partial charge in [0.1, 0.15) is 0 Å². The number of benzene rings is 1. The minimum absolute atomic E-state index is 0.0463. The lowest BCUT2D eigenvalue weighted by Crippen LogP contribution is -2.38. The molecule has 1 saturated heterocycles. The van der Waals surface area contributed by atoms with Crippen molar-refractivity contribution in [2.24, 2.45) is 5.10 Å². The maximum absolute atomic E-state index is 12.0. The zero-order valence-electron chi connectivity index (χ0n) is 15.0. The first-order valence-corrected chi connectivity index (χ1v) is 8.94. The summed E-state index contributed by atoms with van der Waals surface area (Å²) in [6.45, 7) is 6.59. The number of nitrogens with zero attached hydrogens (tertiary/aromatic N) is 3. The number of aryl methyl sites for hydroxylation is 1. The highest BCUT2D eigenvalue weighted by atomic mass is 16.2. The first-order valence-electron chi connectivity index (χ1n) is 8.94. The van der Waals surface area contributed by atoms with E-state index in [1.54, 1.807) is 6.21 Å². The van der Waals surface area contributed by atoms with Crippen LogP contribution in [0.15, 0.2) is 41.5 Å². The Kier molecular flexibility index (Phi) is 5.66. The fourth-order valence-corrected chi connectivity index (χ4v) is 3.42. The highest BCUT2D eigenvalue weighted by Gasteiger charge is 2.13. The SMILES string of the molecule is Cc1cc(/C=N\NC(=O)CN2CCCCC2)c(C)n1-c1ccccc1. The van der Waals surface area contributed by atoms with Gasteiger partial charge in [-0.05, 0) is 58.0 Å². The molecule has 2 heterocycles. The molecule has 5 nitrogen and oxygen atoms in total. The van der Waals surface area contributed by atoms with Gasteiger partial charge in [0.2, 0.25) is 0 Å². The van der Waals surface area contributed by atoms with Crippen molar-refractivity contribution >= 4 is 12.1 Å². The van der Waals surface area contributed by atoms with E-state index in [0.717, 1.165) is 35.7 Å². The maximum Gasteiger partial charge on any atom is 0.254 e. The number of hydrazone groups is 1. The number of para-hydroxylation sites is 1. The Labute approximate surface area is 149 Å². The van der Waals surface area contributed by atoms with Crippen LogP contribution in [0.5, 0.6) is 0 Å². The van der Waals surface area contributed by atoms with Crippen molar-refractivity contribution in [3.8, 4) is 5.69 Å². The van der Waals surface area contributed by atoms with Crippen LogP contribution in [0, 0.1) is 13.8 Å². The van der Waals surface area contributed by atoms with E-state index in [2.05, 4.69) is 52.0 Å². The lowest BCUT2D eigenvalue weighted by molar-refractivity contribution is -0.122. The van der Waals surface area contributed by atoms with Crippen LogP contribution in [0.4, 0.5) is 0 Å². The second-order valence-electron chi connectivity index (χ2n) is 6.63. The van der Waals surface area contributed by atoms with E-state index < -0.39 is 0 Å². The number of carbonyl (C=O) groups excluding carboxylic acids is 1. The second kappa shape index (κ2) is 8.12. The normalized spacial score (nSPS) is 15.6. The van der Waals surface area contributed by atoms with Gasteiger partial charge < -0.3 is 4.57 Å². The van der Waals surface area contributed by atoms with Gasteiger partial charge in [-0.1, -0.05) is 24.6 Å². The molecule has 5 heteroatoms. The third kappa shape index (κ3) is 4.37. The molecule has 25 heavy (non-hydrogen) atoms. The fourth-order valence-electron chi connectivity index (χ4n) is 3.42. The number of likely N-dealkylation sites (tertiary alicyclic amines) is 1. The Balaban J connectivity index is 1.63. The molecule has 1 aliphatic heterocycles. The van der Waals surface area contributed by atoms with Gasteiger partial charge in [-0.15, -0.1) is 0 Å². The molecule has 0 bridgehead atoms. The number of aromatic nitrogens is 1. The van der Waals surface area contributed by atoms with Crippen LogP contribution in [0.2, 0.25) is 0 Å². The van der Waals surface area contributed by atoms with Gasteiger partial charge in [0.15, 0.2) is 0 Å². The predicted octanol–water partition coefficient (Wildman–Crippen LogP) is 3.03. The average Bonchev–Trinajstić information content (AvgIpc) is 2.90. The van der Waals surface area contributed by atoms with Crippen LogP contribution in [0.3, 0.4) is 0 Å². The molecule has 1 fully saturated rings. The summed E-state index contributed by atoms with van der Waals surface area (Å²) < 4.78 is 2.19. The zero-order chi connectivity index (χ0) is 17.6. The van der Waals surface area contributed by atoms with Gasteiger partial charge in [-0.3, -0.25) is 9.69 Å². The molecule has 0 spiro atoms. The number of amides is 1. The molecule has 0 atom stereocenters. The van der Waals surface area contributed by atoms with Gasteiger partial charge in [-0.2, -0.15) is 5.10 Å². The van der Waals surface area contributed by atoms with Crippen LogP contribution in [0.1, 0.15) is 36.2 Å². The van der Waals surface area contributed by atoms with E-state index in [-0.39, 0.29) is 5.91 Å². The molecule has 1 aromatic carbocycles. The lowest BCUT2D eigenvalue weighted by atomic mass is 10.1. The highest BCUT2D eigenvalue weighted by Crippen LogP contribution is 2.19. The van der Waals surface area contributed by atoms with Gasteiger partial charge in [0.25, 0.3) is 5.91 Å². The van der Waals surface area contributed by atoms with Crippen molar-refractivity contribution in [1.29, 1.82) is 0 Å². The highest BCUT2D eigenvalue weighted by molar-refractivity contribution is 5.84. The third-order valence-corrected chi connectivity index (χ3v) is 4.69. The molecule has 1 aromatic heterocycles. The van der Waals surface area contributed by atoms with Crippen molar-refractivity contribution in [2.45, 2.75) is 33.1 Å². The first-order chi connectivity index (χ1) is 12.1.